The lowest BCUT2D eigenvalue weighted by Gasteiger charge is -2.17. The van der Waals surface area contributed by atoms with E-state index in [0.29, 0.717) is 10.9 Å². The Kier molecular flexibility index (Phi) is 2.93. The summed E-state index contributed by atoms with van der Waals surface area (Å²) in [6.07, 6.45) is 1.72. The molecule has 1 aliphatic rings. The largest absolute Gasteiger partial charge is 0.273 e. The average molecular weight is 231 g/mol. The molecule has 0 aromatic heterocycles. The van der Waals surface area contributed by atoms with E-state index < -0.39 is 0 Å². The number of hydrogen-bond acceptors (Lipinski definition) is 4. The van der Waals surface area contributed by atoms with Crippen LogP contribution in [-0.2, 0) is 4.79 Å². The zero-order chi connectivity index (χ0) is 11.5. The molecule has 0 aliphatic carbocycles. The van der Waals surface area contributed by atoms with Gasteiger partial charge in [-0.25, -0.2) is 0 Å². The fourth-order valence-corrected chi connectivity index (χ4v) is 2.36. The molecule has 0 unspecified atom stereocenters. The second kappa shape index (κ2) is 4.37. The third-order valence-electron chi connectivity index (χ3n) is 2.27. The van der Waals surface area contributed by atoms with Gasteiger partial charge in [-0.3, -0.25) is 9.69 Å². The Hall–Kier alpha value is -1.80. The summed E-state index contributed by atoms with van der Waals surface area (Å²) in [6.45, 7) is 1.93. The van der Waals surface area contributed by atoms with Crippen LogP contribution < -0.4 is 4.90 Å². The second-order valence-corrected chi connectivity index (χ2v) is 4.24. The van der Waals surface area contributed by atoms with Gasteiger partial charge in [0.15, 0.2) is 5.17 Å². The highest BCUT2D eigenvalue weighted by Crippen LogP contribution is 2.28. The number of amidine groups is 1. The van der Waals surface area contributed by atoms with Crippen molar-refractivity contribution in [2.24, 2.45) is 4.99 Å². The van der Waals surface area contributed by atoms with E-state index in [1.54, 1.807) is 6.19 Å². The van der Waals surface area contributed by atoms with Gasteiger partial charge in [0, 0.05) is 0 Å². The molecule has 80 valence electrons. The summed E-state index contributed by atoms with van der Waals surface area (Å²) in [6, 6.07) is 7.55. The van der Waals surface area contributed by atoms with Crippen LogP contribution in [0.15, 0.2) is 29.3 Å². The number of benzene rings is 1. The number of nitrogens with zero attached hydrogens (tertiary/aromatic N) is 3. The molecule has 5 heteroatoms. The van der Waals surface area contributed by atoms with Crippen molar-refractivity contribution < 1.29 is 4.79 Å². The molecule has 0 saturated carbocycles. The van der Waals surface area contributed by atoms with Crippen LogP contribution in [0.2, 0.25) is 0 Å². The van der Waals surface area contributed by atoms with Crippen LogP contribution in [0.1, 0.15) is 5.56 Å². The fraction of sp³-hybridized carbons (Fsp3) is 0.182. The predicted octanol–water partition coefficient (Wildman–Crippen LogP) is 1.91. The lowest BCUT2D eigenvalue weighted by molar-refractivity contribution is -0.115. The molecule has 1 aromatic carbocycles. The van der Waals surface area contributed by atoms with Crippen LogP contribution in [0, 0.1) is 18.4 Å². The van der Waals surface area contributed by atoms with Crippen molar-refractivity contribution in [1.29, 1.82) is 5.26 Å². The molecule has 0 bridgehead atoms. The van der Waals surface area contributed by atoms with E-state index in [9.17, 15) is 4.79 Å². The average Bonchev–Trinajstić information content (AvgIpc) is 2.62. The van der Waals surface area contributed by atoms with Crippen molar-refractivity contribution >= 4 is 28.5 Å². The maximum absolute atomic E-state index is 11.7. The van der Waals surface area contributed by atoms with Crippen LogP contribution in [0.4, 0.5) is 5.69 Å². The zero-order valence-corrected chi connectivity index (χ0v) is 9.49. The van der Waals surface area contributed by atoms with Crippen molar-refractivity contribution in [2.75, 3.05) is 10.7 Å². The first-order valence-electron chi connectivity index (χ1n) is 4.72. The van der Waals surface area contributed by atoms with Gasteiger partial charge >= 0.3 is 0 Å². The van der Waals surface area contributed by atoms with Crippen LogP contribution >= 0.6 is 11.8 Å². The summed E-state index contributed by atoms with van der Waals surface area (Å²) in [5.41, 5.74) is 1.79. The normalized spacial score (nSPS) is 17.9. The van der Waals surface area contributed by atoms with Crippen LogP contribution in [-0.4, -0.2) is 16.8 Å². The van der Waals surface area contributed by atoms with Gasteiger partial charge in [-0.15, -0.1) is 4.99 Å². The minimum Gasteiger partial charge on any atom is -0.273 e. The number of carbonyl (C=O) groups excluding carboxylic acids is 1. The van der Waals surface area contributed by atoms with E-state index >= 15 is 0 Å². The molecule has 1 saturated heterocycles. The minimum absolute atomic E-state index is 0.0340. The molecular weight excluding hydrogens is 222 g/mol. The molecule has 1 amide bonds. The molecule has 0 N–H and O–H groups in total. The van der Waals surface area contributed by atoms with E-state index in [1.165, 1.54) is 16.7 Å². The number of carbonyl (C=O) groups is 1. The van der Waals surface area contributed by atoms with Crippen LogP contribution in [0.5, 0.6) is 0 Å². The molecule has 2 rings (SSSR count). The standard InChI is InChI=1S/C11H9N3OS/c1-8-4-2-3-5-9(8)14-10(15)6-16-11(14)13-7-12/h2-5H,6H2,1H3. The molecule has 0 radical (unpaired) electrons. The minimum atomic E-state index is -0.0340. The first kappa shape index (κ1) is 10.7. The predicted molar refractivity (Wildman–Crippen MR) is 64.2 cm³/mol. The van der Waals surface area contributed by atoms with Gasteiger partial charge < -0.3 is 0 Å². The van der Waals surface area contributed by atoms with Crippen molar-refractivity contribution in [1.82, 2.24) is 0 Å². The molecule has 1 aliphatic heterocycles. The van der Waals surface area contributed by atoms with E-state index in [4.69, 9.17) is 5.26 Å². The van der Waals surface area contributed by atoms with Crippen molar-refractivity contribution in [3.63, 3.8) is 0 Å². The second-order valence-electron chi connectivity index (χ2n) is 3.30. The van der Waals surface area contributed by atoms with Crippen LogP contribution in [0.25, 0.3) is 0 Å². The third-order valence-corrected chi connectivity index (χ3v) is 3.19. The molecular formula is C11H9N3OS. The molecule has 16 heavy (non-hydrogen) atoms. The highest BCUT2D eigenvalue weighted by atomic mass is 32.2. The Bertz CT molecular complexity index is 504. The molecule has 1 fully saturated rings. The quantitative estimate of drug-likeness (QED) is 0.694. The summed E-state index contributed by atoms with van der Waals surface area (Å²) in [7, 11) is 0. The third kappa shape index (κ3) is 1.79. The number of para-hydroxylation sites is 1. The van der Waals surface area contributed by atoms with E-state index in [2.05, 4.69) is 4.99 Å². The van der Waals surface area contributed by atoms with Crippen molar-refractivity contribution in [3.05, 3.63) is 29.8 Å². The number of nitriles is 1. The van der Waals surface area contributed by atoms with Gasteiger partial charge in [0.25, 0.3) is 0 Å². The maximum Gasteiger partial charge on any atom is 0.243 e. The number of anilines is 1. The van der Waals surface area contributed by atoms with Gasteiger partial charge in [-0.1, -0.05) is 30.0 Å². The van der Waals surface area contributed by atoms with Gasteiger partial charge in [-0.2, -0.15) is 5.26 Å². The number of aryl methyl sites for hydroxylation is 1. The summed E-state index contributed by atoms with van der Waals surface area (Å²) in [4.78, 5) is 16.9. The van der Waals surface area contributed by atoms with E-state index in [0.717, 1.165) is 11.3 Å². The lowest BCUT2D eigenvalue weighted by atomic mass is 10.2. The number of amides is 1. The van der Waals surface area contributed by atoms with Crippen molar-refractivity contribution in [3.8, 4) is 6.19 Å². The molecule has 0 spiro atoms. The SMILES string of the molecule is Cc1ccccc1N1C(=O)CSC1=NC#N. The Morgan fingerprint density at radius 3 is 2.94 bits per heavy atom. The number of thioether (sulfide) groups is 1. The first-order chi connectivity index (χ1) is 7.74. The van der Waals surface area contributed by atoms with Gasteiger partial charge in [-0.05, 0) is 18.6 Å². The van der Waals surface area contributed by atoms with Crippen LogP contribution in [0.3, 0.4) is 0 Å². The highest BCUT2D eigenvalue weighted by Gasteiger charge is 2.30. The first-order valence-corrected chi connectivity index (χ1v) is 5.71. The Morgan fingerprint density at radius 1 is 1.50 bits per heavy atom. The molecule has 1 aromatic rings. The highest BCUT2D eigenvalue weighted by molar-refractivity contribution is 8.15. The van der Waals surface area contributed by atoms with Gasteiger partial charge in [0.05, 0.1) is 11.4 Å². The summed E-state index contributed by atoms with van der Waals surface area (Å²) < 4.78 is 0. The van der Waals surface area contributed by atoms with Crippen molar-refractivity contribution in [2.45, 2.75) is 6.92 Å². The maximum atomic E-state index is 11.7. The monoisotopic (exact) mass is 231 g/mol. The number of hydrogen-bond donors (Lipinski definition) is 0. The molecule has 4 nitrogen and oxygen atoms in total. The summed E-state index contributed by atoms with van der Waals surface area (Å²) in [5.74, 6) is 0.308. The number of rotatable bonds is 1. The molecule has 1 heterocycles. The van der Waals surface area contributed by atoms with Gasteiger partial charge in [0.2, 0.25) is 12.1 Å². The Labute approximate surface area is 97.6 Å². The topological polar surface area (TPSA) is 56.5 Å². The Balaban J connectivity index is 2.47. The zero-order valence-electron chi connectivity index (χ0n) is 8.67. The molecule has 0 atom stereocenters. The van der Waals surface area contributed by atoms with E-state index in [1.807, 2.05) is 31.2 Å². The lowest BCUT2D eigenvalue weighted by Crippen LogP contribution is -2.29. The van der Waals surface area contributed by atoms with Gasteiger partial charge in [0.1, 0.15) is 0 Å². The van der Waals surface area contributed by atoms with E-state index in [-0.39, 0.29) is 5.91 Å². The number of aliphatic imine (C=N–C) groups is 1. The summed E-state index contributed by atoms with van der Waals surface area (Å²) in [5, 5.41) is 9.02. The Morgan fingerprint density at radius 2 is 2.25 bits per heavy atom. The summed E-state index contributed by atoms with van der Waals surface area (Å²) >= 11 is 1.29. The fourth-order valence-electron chi connectivity index (χ4n) is 1.54. The smallest absolute Gasteiger partial charge is 0.243 e.